The summed E-state index contributed by atoms with van der Waals surface area (Å²) in [6.45, 7) is 0. The van der Waals surface area contributed by atoms with Crippen LogP contribution in [0.1, 0.15) is 17.9 Å². The maximum absolute atomic E-state index is 12.3. The van der Waals surface area contributed by atoms with Crippen LogP contribution in [0.4, 0.5) is 5.69 Å². The van der Waals surface area contributed by atoms with Crippen molar-refractivity contribution in [1.29, 1.82) is 5.26 Å². The smallest absolute Gasteiger partial charge is 0.234 e. The van der Waals surface area contributed by atoms with E-state index in [0.717, 1.165) is 17.3 Å². The predicted octanol–water partition coefficient (Wildman–Crippen LogP) is 5.36. The number of nitrogens with one attached hydrogen (secondary N) is 2. The predicted molar refractivity (Wildman–Crippen MR) is 117 cm³/mol. The molecule has 5 nitrogen and oxygen atoms in total. The largest absolute Gasteiger partial charge is 0.325 e. The van der Waals surface area contributed by atoms with Crippen molar-refractivity contribution in [2.75, 3.05) is 11.1 Å². The van der Waals surface area contributed by atoms with Gasteiger partial charge in [0.1, 0.15) is 0 Å². The molecule has 9 heteroatoms. The van der Waals surface area contributed by atoms with Gasteiger partial charge < -0.3 is 10.6 Å². The zero-order chi connectivity index (χ0) is 21.0. The first-order valence-corrected chi connectivity index (χ1v) is 10.6. The number of nitriles is 1. The minimum Gasteiger partial charge on any atom is -0.325 e. The average Bonchev–Trinajstić information content (AvgIpc) is 2.69. The summed E-state index contributed by atoms with van der Waals surface area (Å²) >= 11 is 18.8. The van der Waals surface area contributed by atoms with Crippen molar-refractivity contribution in [3.63, 3.8) is 0 Å². The quantitative estimate of drug-likeness (QED) is 0.621. The number of hydrogen-bond donors (Lipinski definition) is 2. The van der Waals surface area contributed by atoms with Crippen LogP contribution in [-0.2, 0) is 9.59 Å². The fourth-order valence-electron chi connectivity index (χ4n) is 2.82. The van der Waals surface area contributed by atoms with E-state index in [1.807, 2.05) is 0 Å². The summed E-state index contributed by atoms with van der Waals surface area (Å²) in [5, 5.41) is 16.7. The highest BCUT2D eigenvalue weighted by Crippen LogP contribution is 2.36. The number of thioether (sulfide) groups is 1. The first-order valence-electron chi connectivity index (χ1n) is 8.44. The van der Waals surface area contributed by atoms with Crippen molar-refractivity contribution in [2.24, 2.45) is 0 Å². The second-order valence-electron chi connectivity index (χ2n) is 6.18. The molecule has 0 radical (unpaired) electrons. The van der Waals surface area contributed by atoms with E-state index in [1.54, 1.807) is 42.5 Å². The molecule has 0 spiro atoms. The summed E-state index contributed by atoms with van der Waals surface area (Å²) in [6.07, 6.45) is 0.157. The van der Waals surface area contributed by atoms with Gasteiger partial charge in [-0.25, -0.2) is 0 Å². The van der Waals surface area contributed by atoms with Gasteiger partial charge in [-0.05, 0) is 35.9 Å². The Morgan fingerprint density at radius 2 is 1.90 bits per heavy atom. The number of rotatable bonds is 5. The molecule has 1 heterocycles. The third kappa shape index (κ3) is 5.46. The lowest BCUT2D eigenvalue weighted by Crippen LogP contribution is -2.31. The number of anilines is 1. The van der Waals surface area contributed by atoms with E-state index in [2.05, 4.69) is 16.7 Å². The Kier molecular flexibility index (Phi) is 7.09. The van der Waals surface area contributed by atoms with Crippen LogP contribution in [0.15, 0.2) is 53.1 Å². The van der Waals surface area contributed by atoms with Gasteiger partial charge >= 0.3 is 0 Å². The fraction of sp³-hybridized carbons (Fsp3) is 0.150. The standard InChI is InChI=1S/C20H14Cl3N3O2S/c21-12-3-1-11(2-4-12)14-8-18(27)26-20(15(14)9-24)29-10-19(28)25-13-5-6-16(22)17(23)7-13/h1-7,14H,8,10H2,(H,25,28)(H,26,27)/t14-/m0/s1. The Hall–Kier alpha value is -2.17. The maximum Gasteiger partial charge on any atom is 0.234 e. The lowest BCUT2D eigenvalue weighted by molar-refractivity contribution is -0.121. The lowest BCUT2D eigenvalue weighted by Gasteiger charge is -2.25. The van der Waals surface area contributed by atoms with Crippen LogP contribution >= 0.6 is 46.6 Å². The molecule has 2 aromatic carbocycles. The maximum atomic E-state index is 12.3. The monoisotopic (exact) mass is 465 g/mol. The van der Waals surface area contributed by atoms with E-state index < -0.39 is 0 Å². The first-order chi connectivity index (χ1) is 13.9. The summed E-state index contributed by atoms with van der Waals surface area (Å²) < 4.78 is 0. The highest BCUT2D eigenvalue weighted by molar-refractivity contribution is 8.03. The van der Waals surface area contributed by atoms with E-state index >= 15 is 0 Å². The van der Waals surface area contributed by atoms with Gasteiger partial charge in [0, 0.05) is 23.0 Å². The number of allylic oxidation sites excluding steroid dienone is 1. The molecule has 0 aliphatic carbocycles. The molecule has 1 atom stereocenters. The summed E-state index contributed by atoms with van der Waals surface area (Å²) in [7, 11) is 0. The van der Waals surface area contributed by atoms with Gasteiger partial charge in [-0.3, -0.25) is 9.59 Å². The van der Waals surface area contributed by atoms with Crippen LogP contribution in [-0.4, -0.2) is 17.6 Å². The molecule has 0 unspecified atom stereocenters. The van der Waals surface area contributed by atoms with Crippen molar-refractivity contribution in [2.45, 2.75) is 12.3 Å². The highest BCUT2D eigenvalue weighted by atomic mass is 35.5. The minimum atomic E-state index is -0.383. The highest BCUT2D eigenvalue weighted by Gasteiger charge is 2.29. The lowest BCUT2D eigenvalue weighted by atomic mass is 9.87. The zero-order valence-electron chi connectivity index (χ0n) is 14.8. The number of amides is 2. The molecule has 0 fully saturated rings. The van der Waals surface area contributed by atoms with Gasteiger partial charge in [0.05, 0.1) is 32.5 Å². The Labute approximate surface area is 187 Å². The Bertz CT molecular complexity index is 1030. The third-order valence-electron chi connectivity index (χ3n) is 4.18. The van der Waals surface area contributed by atoms with E-state index in [-0.39, 0.29) is 29.9 Å². The van der Waals surface area contributed by atoms with Gasteiger partial charge in [0.25, 0.3) is 0 Å². The van der Waals surface area contributed by atoms with Crippen LogP contribution in [0.2, 0.25) is 15.1 Å². The molecule has 148 valence electrons. The number of hydrogen-bond acceptors (Lipinski definition) is 4. The van der Waals surface area contributed by atoms with Crippen molar-refractivity contribution < 1.29 is 9.59 Å². The summed E-state index contributed by atoms with van der Waals surface area (Å²) in [5.74, 6) is -0.891. The van der Waals surface area contributed by atoms with Crippen LogP contribution in [0, 0.1) is 11.3 Å². The summed E-state index contributed by atoms with van der Waals surface area (Å²) in [6, 6.07) is 14.0. The number of carbonyl (C=O) groups excluding carboxylic acids is 2. The molecule has 0 saturated heterocycles. The molecule has 2 amide bonds. The Morgan fingerprint density at radius 3 is 2.55 bits per heavy atom. The number of carbonyl (C=O) groups is 2. The molecule has 2 aromatic rings. The molecule has 2 N–H and O–H groups in total. The zero-order valence-corrected chi connectivity index (χ0v) is 17.9. The van der Waals surface area contributed by atoms with E-state index in [0.29, 0.717) is 31.4 Å². The van der Waals surface area contributed by atoms with Crippen molar-refractivity contribution >= 4 is 64.1 Å². The normalized spacial score (nSPS) is 16.2. The van der Waals surface area contributed by atoms with Crippen molar-refractivity contribution in [3.05, 3.63) is 73.7 Å². The number of nitrogens with zero attached hydrogens (tertiary/aromatic N) is 1. The topological polar surface area (TPSA) is 82.0 Å². The molecule has 1 aliphatic heterocycles. The van der Waals surface area contributed by atoms with E-state index in [9.17, 15) is 14.9 Å². The van der Waals surface area contributed by atoms with Gasteiger partial charge in [0.15, 0.2) is 0 Å². The summed E-state index contributed by atoms with van der Waals surface area (Å²) in [5.41, 5.74) is 1.74. The van der Waals surface area contributed by atoms with Crippen molar-refractivity contribution in [3.8, 4) is 6.07 Å². The number of halogens is 3. The molecule has 1 aliphatic rings. The van der Waals surface area contributed by atoms with E-state index in [4.69, 9.17) is 34.8 Å². The average molecular weight is 467 g/mol. The second-order valence-corrected chi connectivity index (χ2v) is 8.41. The molecular weight excluding hydrogens is 453 g/mol. The molecule has 0 bridgehead atoms. The first kappa shape index (κ1) is 21.5. The van der Waals surface area contributed by atoms with Crippen LogP contribution in [0.5, 0.6) is 0 Å². The Balaban J connectivity index is 1.74. The summed E-state index contributed by atoms with van der Waals surface area (Å²) in [4.78, 5) is 24.4. The molecule has 0 aromatic heterocycles. The molecular formula is C20H14Cl3N3O2S. The Morgan fingerprint density at radius 1 is 1.17 bits per heavy atom. The minimum absolute atomic E-state index is 0.00831. The van der Waals surface area contributed by atoms with Gasteiger partial charge in [-0.1, -0.05) is 58.7 Å². The van der Waals surface area contributed by atoms with Crippen LogP contribution in [0.25, 0.3) is 0 Å². The SMILES string of the molecule is N#CC1=C(SCC(=O)Nc2ccc(Cl)c(Cl)c2)NC(=O)C[C@H]1c1ccc(Cl)cc1. The molecule has 29 heavy (non-hydrogen) atoms. The third-order valence-corrected chi connectivity index (χ3v) is 6.19. The van der Waals surface area contributed by atoms with E-state index in [1.165, 1.54) is 0 Å². The van der Waals surface area contributed by atoms with Gasteiger partial charge in [-0.15, -0.1) is 0 Å². The van der Waals surface area contributed by atoms with Gasteiger partial charge in [-0.2, -0.15) is 5.26 Å². The van der Waals surface area contributed by atoms with Gasteiger partial charge in [0.2, 0.25) is 11.8 Å². The van der Waals surface area contributed by atoms with Crippen LogP contribution < -0.4 is 10.6 Å². The molecule has 0 saturated carbocycles. The second kappa shape index (κ2) is 9.55. The van der Waals surface area contributed by atoms with Crippen LogP contribution in [0.3, 0.4) is 0 Å². The molecule has 3 rings (SSSR count). The van der Waals surface area contributed by atoms with Crippen molar-refractivity contribution in [1.82, 2.24) is 5.32 Å². The number of benzene rings is 2. The fourth-order valence-corrected chi connectivity index (χ4v) is 4.12.